The Kier molecular flexibility index (Phi) is 6.01. The summed E-state index contributed by atoms with van der Waals surface area (Å²) in [5.74, 6) is -2.15. The molecule has 6 nitrogen and oxygen atoms in total. The maximum atomic E-state index is 11.6. The summed E-state index contributed by atoms with van der Waals surface area (Å²) in [6.07, 6.45) is 1.95. The third-order valence-electron chi connectivity index (χ3n) is 4.33. The third kappa shape index (κ3) is 5.51. The maximum Gasteiger partial charge on any atom is 0.318 e. The lowest BCUT2D eigenvalue weighted by Crippen LogP contribution is -2.44. The normalized spacial score (nSPS) is 17.1. The number of likely N-dealkylation sites (tertiary alicyclic amines) is 1. The lowest BCUT2D eigenvalue weighted by molar-refractivity contribution is -0.134. The molecule has 0 spiro atoms. The Morgan fingerprint density at radius 1 is 1.26 bits per heavy atom. The minimum Gasteiger partial charge on any atom is -0.480 e. The van der Waals surface area contributed by atoms with Gasteiger partial charge in [-0.2, -0.15) is 0 Å². The second kappa shape index (κ2) is 7.79. The molecule has 128 valence electrons. The van der Waals surface area contributed by atoms with Gasteiger partial charge in [-0.1, -0.05) is 18.2 Å². The number of nitrogens with zero attached hydrogens (tertiary/aromatic N) is 2. The van der Waals surface area contributed by atoms with Crippen molar-refractivity contribution in [1.82, 2.24) is 4.90 Å². The summed E-state index contributed by atoms with van der Waals surface area (Å²) in [5.41, 5.74) is 1.19. The van der Waals surface area contributed by atoms with Crippen LogP contribution in [0.2, 0.25) is 0 Å². The fourth-order valence-corrected chi connectivity index (χ4v) is 3.99. The van der Waals surface area contributed by atoms with E-state index in [9.17, 15) is 13.2 Å². The summed E-state index contributed by atoms with van der Waals surface area (Å²) >= 11 is 0. The highest BCUT2D eigenvalue weighted by Gasteiger charge is 2.24. The van der Waals surface area contributed by atoms with E-state index in [2.05, 4.69) is 29.0 Å². The second-order valence-electron chi connectivity index (χ2n) is 6.01. The highest BCUT2D eigenvalue weighted by Crippen LogP contribution is 2.21. The van der Waals surface area contributed by atoms with E-state index in [0.29, 0.717) is 12.6 Å². The predicted molar refractivity (Wildman–Crippen MR) is 90.6 cm³/mol. The molecule has 0 aromatic heterocycles. The summed E-state index contributed by atoms with van der Waals surface area (Å²) in [6, 6.07) is 10.7. The number of rotatable bonds is 7. The zero-order chi connectivity index (χ0) is 16.9. The summed E-state index contributed by atoms with van der Waals surface area (Å²) in [6.45, 7) is 2.09. The molecular formula is C16H24N2O4S. The van der Waals surface area contributed by atoms with Gasteiger partial charge in [0, 0.05) is 38.4 Å². The molecular weight excluding hydrogens is 316 g/mol. The molecule has 1 N–H and O–H groups in total. The number of anilines is 1. The Morgan fingerprint density at radius 3 is 2.43 bits per heavy atom. The van der Waals surface area contributed by atoms with E-state index in [1.807, 2.05) is 18.2 Å². The number of aliphatic carboxylic acids is 1. The van der Waals surface area contributed by atoms with E-state index in [1.165, 1.54) is 5.69 Å². The molecule has 1 aliphatic rings. The molecule has 0 amide bonds. The molecule has 7 heteroatoms. The van der Waals surface area contributed by atoms with E-state index in [-0.39, 0.29) is 5.75 Å². The first-order valence-corrected chi connectivity index (χ1v) is 9.62. The van der Waals surface area contributed by atoms with Crippen LogP contribution >= 0.6 is 0 Å². The first kappa shape index (κ1) is 17.7. The Balaban J connectivity index is 1.79. The number of hydrogen-bond acceptors (Lipinski definition) is 5. The van der Waals surface area contributed by atoms with Crippen LogP contribution in [0, 0.1) is 0 Å². The van der Waals surface area contributed by atoms with Gasteiger partial charge in [-0.05, 0) is 25.0 Å². The standard InChI is InChI=1S/C16H24N2O4S/c1-17(14-5-3-2-4-6-14)15-7-9-18(10-8-15)11-12-23(21,22)13-16(19)20/h2-6,15H,7-13H2,1H3,(H,19,20). The fraction of sp³-hybridized carbons (Fsp3) is 0.562. The van der Waals surface area contributed by atoms with E-state index < -0.39 is 21.6 Å². The van der Waals surface area contributed by atoms with E-state index in [4.69, 9.17) is 5.11 Å². The van der Waals surface area contributed by atoms with E-state index in [0.717, 1.165) is 25.9 Å². The summed E-state index contributed by atoms with van der Waals surface area (Å²) in [4.78, 5) is 14.9. The van der Waals surface area contributed by atoms with Crippen molar-refractivity contribution in [1.29, 1.82) is 0 Å². The SMILES string of the molecule is CN(c1ccccc1)C1CCN(CCS(=O)(=O)CC(=O)O)CC1. The molecule has 1 fully saturated rings. The highest BCUT2D eigenvalue weighted by atomic mass is 32.2. The number of benzene rings is 1. The Hall–Kier alpha value is -1.60. The van der Waals surface area contributed by atoms with Gasteiger partial charge in [-0.3, -0.25) is 4.79 Å². The molecule has 0 saturated carbocycles. The van der Waals surface area contributed by atoms with Crippen molar-refractivity contribution in [2.45, 2.75) is 18.9 Å². The van der Waals surface area contributed by atoms with Gasteiger partial charge in [0.2, 0.25) is 0 Å². The Bertz CT molecular complexity index is 610. The zero-order valence-electron chi connectivity index (χ0n) is 13.4. The number of carboxylic acid groups (broad SMARTS) is 1. The third-order valence-corrected chi connectivity index (χ3v) is 5.82. The van der Waals surface area contributed by atoms with Crippen molar-refractivity contribution in [3.05, 3.63) is 30.3 Å². The number of carbonyl (C=O) groups is 1. The van der Waals surface area contributed by atoms with Crippen molar-refractivity contribution in [3.8, 4) is 0 Å². The number of para-hydroxylation sites is 1. The second-order valence-corrected chi connectivity index (χ2v) is 8.19. The van der Waals surface area contributed by atoms with Gasteiger partial charge in [0.15, 0.2) is 9.84 Å². The minimum absolute atomic E-state index is 0.0848. The molecule has 2 rings (SSSR count). The van der Waals surface area contributed by atoms with Crippen LogP contribution in [0.1, 0.15) is 12.8 Å². The molecule has 1 aromatic rings. The Labute approximate surface area is 137 Å². The molecule has 23 heavy (non-hydrogen) atoms. The van der Waals surface area contributed by atoms with Crippen LogP contribution in [-0.4, -0.2) is 68.6 Å². The van der Waals surface area contributed by atoms with Gasteiger partial charge in [0.25, 0.3) is 0 Å². The van der Waals surface area contributed by atoms with Crippen LogP contribution < -0.4 is 4.90 Å². The fourth-order valence-electron chi connectivity index (χ4n) is 2.93. The molecule has 1 heterocycles. The molecule has 0 radical (unpaired) electrons. The zero-order valence-corrected chi connectivity index (χ0v) is 14.2. The number of sulfone groups is 1. The lowest BCUT2D eigenvalue weighted by atomic mass is 10.0. The first-order chi connectivity index (χ1) is 10.9. The highest BCUT2D eigenvalue weighted by molar-refractivity contribution is 7.92. The molecule has 1 saturated heterocycles. The van der Waals surface area contributed by atoms with Crippen LogP contribution in [0.25, 0.3) is 0 Å². The lowest BCUT2D eigenvalue weighted by Gasteiger charge is -2.37. The van der Waals surface area contributed by atoms with Gasteiger partial charge in [0.1, 0.15) is 5.75 Å². The molecule has 0 atom stereocenters. The quantitative estimate of drug-likeness (QED) is 0.800. The Morgan fingerprint density at radius 2 is 1.87 bits per heavy atom. The summed E-state index contributed by atoms with van der Waals surface area (Å²) in [7, 11) is -1.41. The number of carboxylic acids is 1. The molecule has 0 aliphatic carbocycles. The van der Waals surface area contributed by atoms with Gasteiger partial charge >= 0.3 is 5.97 Å². The van der Waals surface area contributed by atoms with E-state index >= 15 is 0 Å². The average molecular weight is 340 g/mol. The molecule has 0 unspecified atom stereocenters. The largest absolute Gasteiger partial charge is 0.480 e. The summed E-state index contributed by atoms with van der Waals surface area (Å²) in [5, 5.41) is 8.59. The number of piperidine rings is 1. The van der Waals surface area contributed by atoms with Crippen molar-refractivity contribution in [2.24, 2.45) is 0 Å². The monoisotopic (exact) mass is 340 g/mol. The maximum absolute atomic E-state index is 11.6. The van der Waals surface area contributed by atoms with Gasteiger partial charge in [0.05, 0.1) is 5.75 Å². The van der Waals surface area contributed by atoms with Crippen LogP contribution in [0.5, 0.6) is 0 Å². The van der Waals surface area contributed by atoms with Crippen LogP contribution in [0.15, 0.2) is 30.3 Å². The van der Waals surface area contributed by atoms with Crippen LogP contribution in [-0.2, 0) is 14.6 Å². The molecule has 1 aromatic carbocycles. The minimum atomic E-state index is -3.50. The van der Waals surface area contributed by atoms with Gasteiger partial charge in [-0.15, -0.1) is 0 Å². The molecule has 0 bridgehead atoms. The van der Waals surface area contributed by atoms with Crippen LogP contribution in [0.4, 0.5) is 5.69 Å². The number of hydrogen-bond donors (Lipinski definition) is 1. The van der Waals surface area contributed by atoms with Crippen LogP contribution in [0.3, 0.4) is 0 Å². The van der Waals surface area contributed by atoms with E-state index in [1.54, 1.807) is 0 Å². The van der Waals surface area contributed by atoms with Crippen molar-refractivity contribution in [3.63, 3.8) is 0 Å². The van der Waals surface area contributed by atoms with Crippen molar-refractivity contribution in [2.75, 3.05) is 43.1 Å². The molecule has 1 aliphatic heterocycles. The van der Waals surface area contributed by atoms with Gasteiger partial charge in [-0.25, -0.2) is 8.42 Å². The average Bonchev–Trinajstić information content (AvgIpc) is 2.52. The van der Waals surface area contributed by atoms with Gasteiger partial charge < -0.3 is 14.9 Å². The predicted octanol–water partition coefficient (Wildman–Crippen LogP) is 1.09. The first-order valence-electron chi connectivity index (χ1n) is 7.80. The van der Waals surface area contributed by atoms with Crippen molar-refractivity contribution < 1.29 is 18.3 Å². The summed E-state index contributed by atoms with van der Waals surface area (Å²) < 4.78 is 23.3. The topological polar surface area (TPSA) is 77.9 Å². The smallest absolute Gasteiger partial charge is 0.318 e. The van der Waals surface area contributed by atoms with Crippen molar-refractivity contribution >= 4 is 21.5 Å².